The van der Waals surface area contributed by atoms with E-state index in [4.69, 9.17) is 14.2 Å². The van der Waals surface area contributed by atoms with Crippen molar-refractivity contribution in [2.45, 2.75) is 77.2 Å². The predicted octanol–water partition coefficient (Wildman–Crippen LogP) is 4.42. The fourth-order valence-electron chi connectivity index (χ4n) is 3.92. The number of pyridine rings is 2. The summed E-state index contributed by atoms with van der Waals surface area (Å²) in [4.78, 5) is 21.1. The van der Waals surface area contributed by atoms with Gasteiger partial charge in [0.1, 0.15) is 5.60 Å². The van der Waals surface area contributed by atoms with Gasteiger partial charge in [0.25, 0.3) is 0 Å². The van der Waals surface area contributed by atoms with Crippen LogP contribution in [0.2, 0.25) is 0 Å². The molecule has 1 saturated carbocycles. The fourth-order valence-corrected chi connectivity index (χ4v) is 3.92. The molecule has 1 aliphatic rings. The first-order valence-electron chi connectivity index (χ1n) is 10.9. The van der Waals surface area contributed by atoms with Gasteiger partial charge < -0.3 is 24.8 Å². The summed E-state index contributed by atoms with van der Waals surface area (Å²) in [5.74, 6) is 0.538. The molecule has 1 amide bonds. The van der Waals surface area contributed by atoms with Crippen molar-refractivity contribution in [1.82, 2.24) is 15.3 Å². The number of alkyl carbamates (subject to hydrolysis) is 1. The molecule has 0 bridgehead atoms. The van der Waals surface area contributed by atoms with E-state index >= 15 is 0 Å². The number of fused-ring (bicyclic) bond motifs is 1. The Labute approximate surface area is 184 Å². The van der Waals surface area contributed by atoms with E-state index in [-0.39, 0.29) is 18.2 Å². The number of carbonyl (C=O) groups is 1. The number of ether oxygens (including phenoxy) is 3. The van der Waals surface area contributed by atoms with Gasteiger partial charge in [-0.1, -0.05) is 0 Å². The molecule has 1 aliphatic carbocycles. The van der Waals surface area contributed by atoms with Gasteiger partial charge in [0.2, 0.25) is 5.88 Å². The molecule has 2 atom stereocenters. The highest BCUT2D eigenvalue weighted by molar-refractivity contribution is 5.91. The zero-order valence-corrected chi connectivity index (χ0v) is 19.2. The van der Waals surface area contributed by atoms with Crippen molar-refractivity contribution < 1.29 is 19.0 Å². The van der Waals surface area contributed by atoms with Crippen LogP contribution in [-0.2, 0) is 16.1 Å². The molecule has 2 heterocycles. The first-order chi connectivity index (χ1) is 14.8. The Bertz CT molecular complexity index is 897. The number of anilines is 1. The molecule has 0 aromatic carbocycles. The van der Waals surface area contributed by atoms with Crippen molar-refractivity contribution in [3.05, 3.63) is 23.9 Å². The van der Waals surface area contributed by atoms with Crippen LogP contribution in [0.15, 0.2) is 18.3 Å². The molecule has 2 N–H and O–H groups in total. The quantitative estimate of drug-likeness (QED) is 0.655. The summed E-state index contributed by atoms with van der Waals surface area (Å²) in [5, 5.41) is 7.70. The molecule has 0 spiro atoms. The van der Waals surface area contributed by atoms with Crippen molar-refractivity contribution in [1.29, 1.82) is 0 Å². The monoisotopic (exact) mass is 430 g/mol. The van der Waals surface area contributed by atoms with Crippen molar-refractivity contribution in [2.24, 2.45) is 0 Å². The van der Waals surface area contributed by atoms with E-state index in [0.717, 1.165) is 48.7 Å². The lowest BCUT2D eigenvalue weighted by Crippen LogP contribution is -2.39. The fraction of sp³-hybridized carbons (Fsp3) is 0.609. The average molecular weight is 431 g/mol. The minimum atomic E-state index is -0.490. The lowest BCUT2D eigenvalue weighted by atomic mass is 10.1. The van der Waals surface area contributed by atoms with Gasteiger partial charge in [-0.3, -0.25) is 0 Å². The van der Waals surface area contributed by atoms with Crippen LogP contribution in [0.25, 0.3) is 11.0 Å². The second kappa shape index (κ2) is 10.1. The van der Waals surface area contributed by atoms with Crippen LogP contribution < -0.4 is 15.4 Å². The Morgan fingerprint density at radius 2 is 1.87 bits per heavy atom. The summed E-state index contributed by atoms with van der Waals surface area (Å²) in [6.45, 7) is 6.09. The number of rotatable bonds is 6. The number of nitrogens with one attached hydrogen (secondary N) is 2. The Balaban J connectivity index is 1.72. The predicted molar refractivity (Wildman–Crippen MR) is 120 cm³/mol. The van der Waals surface area contributed by atoms with Gasteiger partial charge >= 0.3 is 6.09 Å². The third-order valence-electron chi connectivity index (χ3n) is 5.33. The van der Waals surface area contributed by atoms with Crippen LogP contribution in [-0.4, -0.2) is 48.0 Å². The van der Waals surface area contributed by atoms with E-state index in [1.165, 1.54) is 0 Å². The van der Waals surface area contributed by atoms with Crippen LogP contribution in [0.1, 0.15) is 58.4 Å². The van der Waals surface area contributed by atoms with Crippen LogP contribution in [0.3, 0.4) is 0 Å². The van der Waals surface area contributed by atoms with Crippen LogP contribution >= 0.6 is 0 Å². The number of hydrogen-bond acceptors (Lipinski definition) is 7. The van der Waals surface area contributed by atoms with E-state index in [0.29, 0.717) is 18.1 Å². The number of carbonyl (C=O) groups excluding carboxylic acids is 1. The van der Waals surface area contributed by atoms with Gasteiger partial charge in [-0.05, 0) is 58.9 Å². The maximum absolute atomic E-state index is 12.1. The van der Waals surface area contributed by atoms with Crippen LogP contribution in [0.5, 0.6) is 5.88 Å². The molecule has 0 saturated heterocycles. The molecule has 0 aliphatic heterocycles. The molecule has 170 valence electrons. The first kappa shape index (κ1) is 23.1. The number of aromatic nitrogens is 2. The second-order valence-corrected chi connectivity index (χ2v) is 9.01. The minimum Gasteiger partial charge on any atom is -0.481 e. The summed E-state index contributed by atoms with van der Waals surface area (Å²) in [6.07, 6.45) is 6.29. The van der Waals surface area contributed by atoms with Crippen molar-refractivity contribution in [2.75, 3.05) is 19.5 Å². The topological polar surface area (TPSA) is 94.6 Å². The second-order valence-electron chi connectivity index (χ2n) is 9.01. The maximum atomic E-state index is 12.1. The van der Waals surface area contributed by atoms with E-state index in [9.17, 15) is 4.79 Å². The zero-order chi connectivity index (χ0) is 22.4. The van der Waals surface area contributed by atoms with E-state index in [1.807, 2.05) is 39.1 Å². The van der Waals surface area contributed by atoms with E-state index in [2.05, 4.69) is 20.6 Å². The first-order valence-corrected chi connectivity index (χ1v) is 10.9. The van der Waals surface area contributed by atoms with Gasteiger partial charge in [-0.2, -0.15) is 4.98 Å². The lowest BCUT2D eigenvalue weighted by molar-refractivity contribution is 0.0499. The molecule has 2 aromatic heterocycles. The van der Waals surface area contributed by atoms with Crippen molar-refractivity contribution in [3.8, 4) is 5.88 Å². The smallest absolute Gasteiger partial charge is 0.407 e. The largest absolute Gasteiger partial charge is 0.481 e. The molecular weight excluding hydrogens is 396 g/mol. The highest BCUT2D eigenvalue weighted by Crippen LogP contribution is 2.30. The molecule has 2 unspecified atom stereocenters. The summed E-state index contributed by atoms with van der Waals surface area (Å²) in [7, 11) is 3.28. The SMILES string of the molecule is COCc1cnc2nc(OC)ccc2c1NC1CCCC(NC(=O)OC(C)(C)C)CC1. The zero-order valence-electron chi connectivity index (χ0n) is 19.2. The molecule has 0 radical (unpaired) electrons. The highest BCUT2D eigenvalue weighted by Gasteiger charge is 2.24. The Morgan fingerprint density at radius 1 is 1.13 bits per heavy atom. The number of hydrogen-bond donors (Lipinski definition) is 2. The summed E-state index contributed by atoms with van der Waals surface area (Å²) in [6, 6.07) is 4.24. The Kier molecular flexibility index (Phi) is 7.54. The van der Waals surface area contributed by atoms with Gasteiger partial charge in [0.05, 0.1) is 19.4 Å². The van der Waals surface area contributed by atoms with Gasteiger partial charge in [-0.15, -0.1) is 0 Å². The number of nitrogens with zero attached hydrogens (tertiary/aromatic N) is 2. The maximum Gasteiger partial charge on any atom is 0.407 e. The van der Waals surface area contributed by atoms with Crippen LogP contribution in [0, 0.1) is 0 Å². The average Bonchev–Trinajstić information content (AvgIpc) is 2.93. The van der Waals surface area contributed by atoms with Crippen molar-refractivity contribution in [3.63, 3.8) is 0 Å². The molecule has 8 nitrogen and oxygen atoms in total. The Hall–Kier alpha value is -2.61. The molecule has 31 heavy (non-hydrogen) atoms. The standard InChI is InChI=1S/C23H34N4O4/c1-23(2,3)31-22(28)26-17-8-6-7-16(9-10-17)25-20-15(14-29-4)13-24-21-18(20)11-12-19(27-21)30-5/h11-13,16-17H,6-10,14H2,1-5H3,(H,26,28)(H,24,25,27). The third kappa shape index (κ3) is 6.43. The Morgan fingerprint density at radius 3 is 2.58 bits per heavy atom. The van der Waals surface area contributed by atoms with Crippen LogP contribution in [0.4, 0.5) is 10.5 Å². The molecule has 3 rings (SSSR count). The molecular formula is C23H34N4O4. The van der Waals surface area contributed by atoms with Gasteiger partial charge in [0.15, 0.2) is 5.65 Å². The molecule has 1 fully saturated rings. The normalized spacial score (nSPS) is 19.5. The summed E-state index contributed by atoms with van der Waals surface area (Å²) in [5.41, 5.74) is 2.15. The van der Waals surface area contributed by atoms with Gasteiger partial charge in [-0.25, -0.2) is 9.78 Å². The summed E-state index contributed by atoms with van der Waals surface area (Å²) < 4.78 is 16.0. The molecule has 8 heteroatoms. The number of methoxy groups -OCH3 is 2. The highest BCUT2D eigenvalue weighted by atomic mass is 16.6. The summed E-state index contributed by atoms with van der Waals surface area (Å²) >= 11 is 0. The minimum absolute atomic E-state index is 0.125. The third-order valence-corrected chi connectivity index (χ3v) is 5.33. The number of amides is 1. The van der Waals surface area contributed by atoms with Gasteiger partial charge in [0, 0.05) is 42.4 Å². The van der Waals surface area contributed by atoms with E-state index < -0.39 is 5.60 Å². The molecule has 2 aromatic rings. The van der Waals surface area contributed by atoms with Crippen molar-refractivity contribution >= 4 is 22.8 Å². The lowest BCUT2D eigenvalue weighted by Gasteiger charge is -2.23. The van der Waals surface area contributed by atoms with E-state index in [1.54, 1.807) is 14.2 Å².